The van der Waals surface area contributed by atoms with Gasteiger partial charge in [0.1, 0.15) is 5.02 Å². The molecule has 0 aliphatic carbocycles. The molecule has 1 heterocycles. The topological polar surface area (TPSA) is 65.4 Å². The zero-order valence-corrected chi connectivity index (χ0v) is 17.7. The zero-order valence-electron chi connectivity index (χ0n) is 16.9. The number of nitrogens with zero attached hydrogens (tertiary/aromatic N) is 2. The fraction of sp³-hybridized carbons (Fsp3) is 0.273. The molecular formula is C22H24ClN3O3. The van der Waals surface area contributed by atoms with E-state index in [0.29, 0.717) is 23.7 Å². The van der Waals surface area contributed by atoms with Gasteiger partial charge in [0.2, 0.25) is 0 Å². The molecule has 0 spiro atoms. The van der Waals surface area contributed by atoms with Gasteiger partial charge in [0, 0.05) is 6.04 Å². The van der Waals surface area contributed by atoms with E-state index < -0.39 is 0 Å². The molecule has 2 aromatic carbocycles. The van der Waals surface area contributed by atoms with E-state index in [2.05, 4.69) is 10.4 Å². The van der Waals surface area contributed by atoms with E-state index in [1.54, 1.807) is 20.4 Å². The van der Waals surface area contributed by atoms with Crippen LogP contribution in [0.3, 0.4) is 0 Å². The number of hydrogen-bond acceptors (Lipinski definition) is 5. The summed E-state index contributed by atoms with van der Waals surface area (Å²) < 4.78 is 12.1. The maximum atomic E-state index is 12.7. The Morgan fingerprint density at radius 2 is 1.79 bits per heavy atom. The van der Waals surface area contributed by atoms with Crippen molar-refractivity contribution >= 4 is 17.3 Å². The first-order valence-electron chi connectivity index (χ1n) is 9.23. The van der Waals surface area contributed by atoms with Gasteiger partial charge in [-0.1, -0.05) is 41.9 Å². The lowest BCUT2D eigenvalue weighted by atomic mass is 10.0. The van der Waals surface area contributed by atoms with Crippen molar-refractivity contribution in [1.82, 2.24) is 9.78 Å². The average Bonchev–Trinajstić information content (AvgIpc) is 2.73. The van der Waals surface area contributed by atoms with Crippen molar-refractivity contribution in [3.05, 3.63) is 80.7 Å². The molecule has 1 aromatic heterocycles. The van der Waals surface area contributed by atoms with Gasteiger partial charge < -0.3 is 14.8 Å². The Morgan fingerprint density at radius 1 is 1.14 bits per heavy atom. The molecule has 0 amide bonds. The van der Waals surface area contributed by atoms with Crippen LogP contribution >= 0.6 is 11.6 Å². The van der Waals surface area contributed by atoms with Gasteiger partial charge in [-0.2, -0.15) is 5.10 Å². The quantitative estimate of drug-likeness (QED) is 0.620. The van der Waals surface area contributed by atoms with Crippen LogP contribution in [-0.2, 0) is 6.54 Å². The number of halogens is 1. The summed E-state index contributed by atoms with van der Waals surface area (Å²) in [6.45, 7) is 4.34. The summed E-state index contributed by atoms with van der Waals surface area (Å²) in [6.07, 6.45) is 1.58. The molecule has 3 rings (SSSR count). The highest BCUT2D eigenvalue weighted by Gasteiger charge is 2.17. The van der Waals surface area contributed by atoms with Crippen LogP contribution in [0.1, 0.15) is 29.7 Å². The molecule has 3 aromatic rings. The summed E-state index contributed by atoms with van der Waals surface area (Å²) in [4.78, 5) is 12.7. The number of hydrogen-bond donors (Lipinski definition) is 1. The van der Waals surface area contributed by atoms with E-state index >= 15 is 0 Å². The second-order valence-corrected chi connectivity index (χ2v) is 7.13. The highest BCUT2D eigenvalue weighted by Crippen LogP contribution is 2.34. The lowest BCUT2D eigenvalue weighted by Gasteiger charge is -2.20. The number of nitrogens with one attached hydrogen (secondary N) is 1. The van der Waals surface area contributed by atoms with Crippen molar-refractivity contribution < 1.29 is 9.47 Å². The average molecular weight is 414 g/mol. The predicted molar refractivity (Wildman–Crippen MR) is 115 cm³/mol. The Bertz CT molecular complexity index is 1050. The largest absolute Gasteiger partial charge is 0.493 e. The van der Waals surface area contributed by atoms with Crippen LogP contribution in [0.25, 0.3) is 0 Å². The molecule has 0 aliphatic heterocycles. The van der Waals surface area contributed by atoms with Crippen LogP contribution in [0.15, 0.2) is 53.5 Å². The van der Waals surface area contributed by atoms with Crippen LogP contribution in [0, 0.1) is 6.92 Å². The van der Waals surface area contributed by atoms with Crippen molar-refractivity contribution in [2.45, 2.75) is 26.4 Å². The first kappa shape index (κ1) is 20.7. The lowest BCUT2D eigenvalue weighted by Crippen LogP contribution is -2.25. The molecule has 7 heteroatoms. The number of aryl methyl sites for hydroxylation is 1. The van der Waals surface area contributed by atoms with Gasteiger partial charge in [-0.15, -0.1) is 0 Å². The number of rotatable bonds is 7. The van der Waals surface area contributed by atoms with Crippen molar-refractivity contribution in [3.63, 3.8) is 0 Å². The Balaban J connectivity index is 1.85. The van der Waals surface area contributed by atoms with Crippen molar-refractivity contribution in [3.8, 4) is 11.5 Å². The van der Waals surface area contributed by atoms with Crippen LogP contribution in [-0.4, -0.2) is 24.0 Å². The molecule has 152 valence electrons. The SMILES string of the molecule is COc1cc(C)c(C(C)Nc2cnn(Cc3ccccc3)c(=O)c2Cl)cc1OC. The van der Waals surface area contributed by atoms with Crippen LogP contribution < -0.4 is 20.3 Å². The lowest BCUT2D eigenvalue weighted by molar-refractivity contribution is 0.354. The van der Waals surface area contributed by atoms with E-state index in [1.807, 2.05) is 56.3 Å². The zero-order chi connectivity index (χ0) is 21.0. The Hall–Kier alpha value is -2.99. The maximum absolute atomic E-state index is 12.7. The highest BCUT2D eigenvalue weighted by molar-refractivity contribution is 6.32. The van der Waals surface area contributed by atoms with Crippen molar-refractivity contribution in [2.24, 2.45) is 0 Å². The van der Waals surface area contributed by atoms with Crippen LogP contribution in [0.4, 0.5) is 5.69 Å². The van der Waals surface area contributed by atoms with Crippen LogP contribution in [0.5, 0.6) is 11.5 Å². The van der Waals surface area contributed by atoms with E-state index in [9.17, 15) is 4.79 Å². The third-order valence-corrected chi connectivity index (χ3v) is 5.14. The highest BCUT2D eigenvalue weighted by atomic mass is 35.5. The second-order valence-electron chi connectivity index (χ2n) is 6.75. The van der Waals surface area contributed by atoms with Gasteiger partial charge in [-0.3, -0.25) is 4.79 Å². The summed E-state index contributed by atoms with van der Waals surface area (Å²) in [7, 11) is 3.21. The van der Waals surface area contributed by atoms with Gasteiger partial charge in [-0.05, 0) is 42.7 Å². The molecular weight excluding hydrogens is 390 g/mol. The molecule has 1 atom stereocenters. The summed E-state index contributed by atoms with van der Waals surface area (Å²) in [6, 6.07) is 13.4. The van der Waals surface area contributed by atoms with Gasteiger partial charge >= 0.3 is 0 Å². The second kappa shape index (κ2) is 9.01. The van der Waals surface area contributed by atoms with Gasteiger partial charge in [0.25, 0.3) is 5.56 Å². The van der Waals surface area contributed by atoms with E-state index in [4.69, 9.17) is 21.1 Å². The van der Waals surface area contributed by atoms with Crippen molar-refractivity contribution in [2.75, 3.05) is 19.5 Å². The molecule has 0 aliphatic rings. The van der Waals surface area contributed by atoms with Crippen LogP contribution in [0.2, 0.25) is 5.02 Å². The molecule has 6 nitrogen and oxygen atoms in total. The molecule has 0 bridgehead atoms. The number of ether oxygens (including phenoxy) is 2. The standard InChI is InChI=1S/C22H24ClN3O3/c1-14-10-19(28-3)20(29-4)11-17(14)15(2)25-18-12-24-26(22(27)21(18)23)13-16-8-6-5-7-9-16/h5-12,15,25H,13H2,1-4H3. The number of aromatic nitrogens is 2. The minimum absolute atomic E-state index is 0.112. The van der Waals surface area contributed by atoms with E-state index in [-0.39, 0.29) is 16.6 Å². The fourth-order valence-electron chi connectivity index (χ4n) is 3.21. The Morgan fingerprint density at radius 3 is 2.45 bits per heavy atom. The summed E-state index contributed by atoms with van der Waals surface area (Å²) >= 11 is 6.36. The molecule has 1 N–H and O–H groups in total. The summed E-state index contributed by atoms with van der Waals surface area (Å²) in [5.41, 5.74) is 3.17. The molecule has 29 heavy (non-hydrogen) atoms. The minimum Gasteiger partial charge on any atom is -0.493 e. The van der Waals surface area contributed by atoms with Gasteiger partial charge in [0.15, 0.2) is 11.5 Å². The van der Waals surface area contributed by atoms with E-state index in [0.717, 1.165) is 16.7 Å². The summed E-state index contributed by atoms with van der Waals surface area (Å²) in [5.74, 6) is 1.31. The predicted octanol–water partition coefficient (Wildman–Crippen LogP) is 4.44. The fourth-order valence-corrected chi connectivity index (χ4v) is 3.41. The minimum atomic E-state index is -0.336. The molecule has 0 fully saturated rings. The number of anilines is 1. The smallest absolute Gasteiger partial charge is 0.287 e. The molecule has 0 radical (unpaired) electrons. The van der Waals surface area contributed by atoms with Gasteiger partial charge in [0.05, 0.1) is 32.6 Å². The summed E-state index contributed by atoms with van der Waals surface area (Å²) in [5, 5.41) is 7.67. The first-order chi connectivity index (χ1) is 13.9. The molecule has 1 unspecified atom stereocenters. The Kier molecular flexibility index (Phi) is 6.44. The molecule has 0 saturated heterocycles. The molecule has 0 saturated carbocycles. The van der Waals surface area contributed by atoms with E-state index in [1.165, 1.54) is 4.68 Å². The number of methoxy groups -OCH3 is 2. The van der Waals surface area contributed by atoms with Crippen molar-refractivity contribution in [1.29, 1.82) is 0 Å². The Labute approximate surface area is 175 Å². The maximum Gasteiger partial charge on any atom is 0.287 e. The first-order valence-corrected chi connectivity index (χ1v) is 9.61. The number of benzene rings is 2. The third kappa shape index (κ3) is 4.54. The monoisotopic (exact) mass is 413 g/mol. The van der Waals surface area contributed by atoms with Gasteiger partial charge in [-0.25, -0.2) is 4.68 Å². The normalized spacial score (nSPS) is 11.8. The third-order valence-electron chi connectivity index (χ3n) is 4.77.